The molecule has 0 amide bonds. The molecule has 0 bridgehead atoms. The topological polar surface area (TPSA) is 29.3 Å². The van der Waals surface area contributed by atoms with Gasteiger partial charge in [-0.15, -0.1) is 0 Å². The Morgan fingerprint density at radius 2 is 1.92 bits per heavy atom. The van der Waals surface area contributed by atoms with E-state index < -0.39 is 0 Å². The molecule has 12 heavy (non-hydrogen) atoms. The van der Waals surface area contributed by atoms with E-state index in [9.17, 15) is 0 Å². The van der Waals surface area contributed by atoms with Crippen molar-refractivity contribution in [2.75, 3.05) is 13.1 Å². The summed E-state index contributed by atoms with van der Waals surface area (Å²) in [6, 6.07) is 0.278. The monoisotopic (exact) mass is 170 g/mol. The molecule has 2 N–H and O–H groups in total. The van der Waals surface area contributed by atoms with Crippen LogP contribution >= 0.6 is 0 Å². The fourth-order valence-corrected chi connectivity index (χ4v) is 2.06. The molecule has 0 spiro atoms. The largest absolute Gasteiger partial charge is 0.326 e. The Bertz CT molecular complexity index is 139. The Balaban J connectivity index is 2.64. The summed E-state index contributed by atoms with van der Waals surface area (Å²) in [5, 5.41) is 0. The maximum atomic E-state index is 6.02. The van der Waals surface area contributed by atoms with Gasteiger partial charge in [-0.3, -0.25) is 4.90 Å². The van der Waals surface area contributed by atoms with Gasteiger partial charge in [0, 0.05) is 11.6 Å². The van der Waals surface area contributed by atoms with Gasteiger partial charge in [0.25, 0.3) is 0 Å². The highest BCUT2D eigenvalue weighted by atomic mass is 15.2. The first-order valence-corrected chi connectivity index (χ1v) is 5.12. The van der Waals surface area contributed by atoms with Crippen LogP contribution in [0.3, 0.4) is 0 Å². The van der Waals surface area contributed by atoms with E-state index in [2.05, 4.69) is 25.7 Å². The molecule has 1 aliphatic rings. The van der Waals surface area contributed by atoms with Crippen LogP contribution in [0.5, 0.6) is 0 Å². The van der Waals surface area contributed by atoms with Crippen molar-refractivity contribution >= 4 is 0 Å². The zero-order valence-electron chi connectivity index (χ0n) is 8.64. The van der Waals surface area contributed by atoms with Gasteiger partial charge in [0.15, 0.2) is 0 Å². The lowest BCUT2D eigenvalue weighted by atomic mass is 9.89. The second-order valence-corrected chi connectivity index (χ2v) is 4.19. The standard InChI is InChI=1S/C10H22N2/c1-4-10(3,9(2)11)12-7-5-6-8-12/h9H,4-8,11H2,1-3H3. The van der Waals surface area contributed by atoms with Crippen LogP contribution in [0, 0.1) is 0 Å². The lowest BCUT2D eigenvalue weighted by Crippen LogP contribution is -2.55. The Kier molecular flexibility index (Phi) is 3.13. The molecule has 0 saturated carbocycles. The quantitative estimate of drug-likeness (QED) is 0.697. The van der Waals surface area contributed by atoms with Crippen molar-refractivity contribution in [3.8, 4) is 0 Å². The summed E-state index contributed by atoms with van der Waals surface area (Å²) in [6.45, 7) is 9.14. The Morgan fingerprint density at radius 1 is 1.42 bits per heavy atom. The Hall–Kier alpha value is -0.0800. The van der Waals surface area contributed by atoms with Crippen LogP contribution in [0.25, 0.3) is 0 Å². The lowest BCUT2D eigenvalue weighted by Gasteiger charge is -2.41. The van der Waals surface area contributed by atoms with E-state index in [0.29, 0.717) is 0 Å². The number of rotatable bonds is 3. The molecule has 0 radical (unpaired) electrons. The number of nitrogens with two attached hydrogens (primary N) is 1. The average molecular weight is 170 g/mol. The maximum absolute atomic E-state index is 6.02. The molecule has 1 fully saturated rings. The molecular formula is C10H22N2. The second kappa shape index (κ2) is 3.75. The fourth-order valence-electron chi connectivity index (χ4n) is 2.06. The summed E-state index contributed by atoms with van der Waals surface area (Å²) in [7, 11) is 0. The predicted octanol–water partition coefficient (Wildman–Crippen LogP) is 1.60. The van der Waals surface area contributed by atoms with Crippen molar-refractivity contribution in [1.29, 1.82) is 0 Å². The van der Waals surface area contributed by atoms with Gasteiger partial charge in [0.1, 0.15) is 0 Å². The molecule has 1 saturated heterocycles. The van der Waals surface area contributed by atoms with E-state index in [-0.39, 0.29) is 11.6 Å². The number of likely N-dealkylation sites (tertiary alicyclic amines) is 1. The van der Waals surface area contributed by atoms with E-state index in [1.807, 2.05) is 0 Å². The molecule has 1 aliphatic heterocycles. The summed E-state index contributed by atoms with van der Waals surface area (Å²) < 4.78 is 0. The van der Waals surface area contributed by atoms with Crippen LogP contribution in [0.1, 0.15) is 40.0 Å². The molecule has 0 aromatic carbocycles. The van der Waals surface area contributed by atoms with Gasteiger partial charge in [-0.2, -0.15) is 0 Å². The van der Waals surface area contributed by atoms with Crippen LogP contribution in [0.2, 0.25) is 0 Å². The Morgan fingerprint density at radius 3 is 2.25 bits per heavy atom. The molecule has 2 unspecified atom stereocenters. The van der Waals surface area contributed by atoms with Gasteiger partial charge in [0.2, 0.25) is 0 Å². The van der Waals surface area contributed by atoms with Gasteiger partial charge < -0.3 is 5.73 Å². The van der Waals surface area contributed by atoms with E-state index in [0.717, 1.165) is 6.42 Å². The highest BCUT2D eigenvalue weighted by Crippen LogP contribution is 2.26. The summed E-state index contributed by atoms with van der Waals surface area (Å²) in [6.07, 6.45) is 3.86. The van der Waals surface area contributed by atoms with E-state index in [1.54, 1.807) is 0 Å². The van der Waals surface area contributed by atoms with Gasteiger partial charge in [-0.1, -0.05) is 6.92 Å². The van der Waals surface area contributed by atoms with Crippen LogP contribution in [-0.2, 0) is 0 Å². The molecule has 1 rings (SSSR count). The highest BCUT2D eigenvalue weighted by Gasteiger charge is 2.34. The summed E-state index contributed by atoms with van der Waals surface area (Å²) >= 11 is 0. The molecule has 0 aliphatic carbocycles. The fraction of sp³-hybridized carbons (Fsp3) is 1.00. The van der Waals surface area contributed by atoms with Crippen LogP contribution in [-0.4, -0.2) is 29.6 Å². The molecule has 0 aromatic rings. The smallest absolute Gasteiger partial charge is 0.0326 e. The van der Waals surface area contributed by atoms with Crippen molar-refractivity contribution in [3.63, 3.8) is 0 Å². The number of hydrogen-bond acceptors (Lipinski definition) is 2. The van der Waals surface area contributed by atoms with E-state index in [1.165, 1.54) is 25.9 Å². The third kappa shape index (κ3) is 1.64. The molecule has 2 nitrogen and oxygen atoms in total. The van der Waals surface area contributed by atoms with Crippen LogP contribution in [0.4, 0.5) is 0 Å². The summed E-state index contributed by atoms with van der Waals surface area (Å²) in [5.41, 5.74) is 6.25. The van der Waals surface area contributed by atoms with Crippen molar-refractivity contribution in [2.24, 2.45) is 5.73 Å². The molecule has 1 heterocycles. The van der Waals surface area contributed by atoms with Gasteiger partial charge in [-0.05, 0) is 46.2 Å². The molecular weight excluding hydrogens is 148 g/mol. The van der Waals surface area contributed by atoms with Gasteiger partial charge in [-0.25, -0.2) is 0 Å². The SMILES string of the molecule is CCC(C)(C(C)N)N1CCCC1. The zero-order chi connectivity index (χ0) is 9.19. The first-order valence-electron chi connectivity index (χ1n) is 5.12. The average Bonchev–Trinajstić information content (AvgIpc) is 2.54. The zero-order valence-corrected chi connectivity index (χ0v) is 8.64. The lowest BCUT2D eigenvalue weighted by molar-refractivity contribution is 0.106. The van der Waals surface area contributed by atoms with Crippen molar-refractivity contribution in [1.82, 2.24) is 4.90 Å². The normalized spacial score (nSPS) is 27.0. The first kappa shape index (κ1) is 10.0. The van der Waals surface area contributed by atoms with Crippen molar-refractivity contribution < 1.29 is 0 Å². The van der Waals surface area contributed by atoms with Gasteiger partial charge >= 0.3 is 0 Å². The third-order valence-corrected chi connectivity index (χ3v) is 3.53. The molecule has 2 heteroatoms. The predicted molar refractivity (Wildman–Crippen MR) is 53.2 cm³/mol. The number of hydrogen-bond donors (Lipinski definition) is 1. The minimum atomic E-state index is 0.233. The van der Waals surface area contributed by atoms with Crippen LogP contribution in [0.15, 0.2) is 0 Å². The molecule has 2 atom stereocenters. The minimum absolute atomic E-state index is 0.233. The highest BCUT2D eigenvalue weighted by molar-refractivity contribution is 4.93. The van der Waals surface area contributed by atoms with Crippen molar-refractivity contribution in [2.45, 2.75) is 51.6 Å². The summed E-state index contributed by atoms with van der Waals surface area (Å²) in [4.78, 5) is 2.55. The van der Waals surface area contributed by atoms with Crippen LogP contribution < -0.4 is 5.73 Å². The van der Waals surface area contributed by atoms with E-state index >= 15 is 0 Å². The number of nitrogens with zero attached hydrogens (tertiary/aromatic N) is 1. The molecule has 72 valence electrons. The van der Waals surface area contributed by atoms with Crippen molar-refractivity contribution in [3.05, 3.63) is 0 Å². The minimum Gasteiger partial charge on any atom is -0.326 e. The second-order valence-electron chi connectivity index (χ2n) is 4.19. The van der Waals surface area contributed by atoms with Gasteiger partial charge in [0.05, 0.1) is 0 Å². The Labute approximate surface area is 76.1 Å². The first-order chi connectivity index (χ1) is 5.61. The third-order valence-electron chi connectivity index (χ3n) is 3.53. The summed E-state index contributed by atoms with van der Waals surface area (Å²) in [5.74, 6) is 0. The maximum Gasteiger partial charge on any atom is 0.0326 e. The molecule has 0 aromatic heterocycles. The van der Waals surface area contributed by atoms with E-state index in [4.69, 9.17) is 5.73 Å².